The van der Waals surface area contributed by atoms with Crippen LogP contribution in [0.5, 0.6) is 5.75 Å². The fourth-order valence-electron chi connectivity index (χ4n) is 3.77. The van der Waals surface area contributed by atoms with E-state index in [4.69, 9.17) is 9.47 Å². The zero-order valence-electron chi connectivity index (χ0n) is 18.3. The molecule has 3 rings (SSSR count). The summed E-state index contributed by atoms with van der Waals surface area (Å²) in [6.07, 6.45) is 3.21. The van der Waals surface area contributed by atoms with Crippen LogP contribution in [-0.4, -0.2) is 61.4 Å². The zero-order valence-corrected chi connectivity index (χ0v) is 18.3. The summed E-state index contributed by atoms with van der Waals surface area (Å²) < 4.78 is 12.9. The van der Waals surface area contributed by atoms with E-state index in [2.05, 4.69) is 17.1 Å². The van der Waals surface area contributed by atoms with Crippen LogP contribution in [-0.2, 0) is 11.8 Å². The lowest BCUT2D eigenvalue weighted by Gasteiger charge is -2.26. The molecular weight excluding hydrogens is 382 g/mol. The molecule has 1 aliphatic heterocycles. The van der Waals surface area contributed by atoms with Gasteiger partial charge >= 0.3 is 0 Å². The molecule has 2 aromatic rings. The average Bonchev–Trinajstić information content (AvgIpc) is 2.75. The minimum absolute atomic E-state index is 0.160. The summed E-state index contributed by atoms with van der Waals surface area (Å²) in [4.78, 5) is 27.9. The molecule has 0 radical (unpaired) electrons. The number of pyridine rings is 1. The first kappa shape index (κ1) is 22.3. The van der Waals surface area contributed by atoms with Gasteiger partial charge in [-0.15, -0.1) is 0 Å². The Balaban J connectivity index is 1.77. The number of unbranched alkanes of at least 4 members (excludes halogenated alkanes) is 2. The van der Waals surface area contributed by atoms with Crippen LogP contribution in [0.15, 0.2) is 23.0 Å². The van der Waals surface area contributed by atoms with Crippen molar-refractivity contribution in [2.75, 3.05) is 46.0 Å². The van der Waals surface area contributed by atoms with E-state index in [0.717, 1.165) is 74.3 Å². The summed E-state index contributed by atoms with van der Waals surface area (Å²) in [6, 6.07) is 5.59. The maximum atomic E-state index is 12.9. The Morgan fingerprint density at radius 2 is 2.00 bits per heavy atom. The van der Waals surface area contributed by atoms with E-state index in [1.54, 1.807) is 13.1 Å². The molecule has 1 fully saturated rings. The molecule has 7 heteroatoms. The molecule has 0 bridgehead atoms. The van der Waals surface area contributed by atoms with Crippen LogP contribution < -0.4 is 15.6 Å². The van der Waals surface area contributed by atoms with Crippen LogP contribution >= 0.6 is 0 Å². The largest absolute Gasteiger partial charge is 0.491 e. The highest BCUT2D eigenvalue weighted by Crippen LogP contribution is 2.29. The van der Waals surface area contributed by atoms with Gasteiger partial charge in [0, 0.05) is 38.6 Å². The minimum Gasteiger partial charge on any atom is -0.491 e. The Morgan fingerprint density at radius 3 is 2.73 bits per heavy atom. The van der Waals surface area contributed by atoms with Crippen molar-refractivity contribution in [2.24, 2.45) is 7.05 Å². The fourth-order valence-corrected chi connectivity index (χ4v) is 3.77. The summed E-state index contributed by atoms with van der Waals surface area (Å²) in [5.74, 6) is 0.388. The number of ether oxygens (including phenoxy) is 2. The van der Waals surface area contributed by atoms with Gasteiger partial charge in [0.15, 0.2) is 0 Å². The summed E-state index contributed by atoms with van der Waals surface area (Å²) >= 11 is 0. The Labute approximate surface area is 178 Å². The Bertz CT molecular complexity index is 932. The van der Waals surface area contributed by atoms with Gasteiger partial charge in [0.25, 0.3) is 11.5 Å². The molecule has 1 aromatic carbocycles. The third-order valence-electron chi connectivity index (χ3n) is 5.59. The maximum absolute atomic E-state index is 12.9. The number of aromatic nitrogens is 1. The van der Waals surface area contributed by atoms with Crippen molar-refractivity contribution in [3.05, 3.63) is 39.7 Å². The number of amides is 1. The van der Waals surface area contributed by atoms with E-state index in [0.29, 0.717) is 13.2 Å². The summed E-state index contributed by atoms with van der Waals surface area (Å²) in [5, 5.41) is 3.71. The number of hydrogen-bond acceptors (Lipinski definition) is 5. The summed E-state index contributed by atoms with van der Waals surface area (Å²) in [7, 11) is 1.70. The standard InChI is InChI=1S/C23H33N3O4/c1-4-5-6-13-30-21-17(2)7-8-18-16-19(23(28)25(3)20(18)21)22(27)24-9-10-26-11-14-29-15-12-26/h7-8,16H,4-6,9-15H2,1-3H3,(H,24,27). The second-order valence-corrected chi connectivity index (χ2v) is 7.84. The topological polar surface area (TPSA) is 72.8 Å². The number of fused-ring (bicyclic) bond motifs is 1. The van der Waals surface area contributed by atoms with E-state index in [1.165, 1.54) is 4.57 Å². The number of aryl methyl sites for hydroxylation is 2. The number of nitrogens with one attached hydrogen (secondary N) is 1. The molecule has 2 heterocycles. The molecule has 0 unspecified atom stereocenters. The highest BCUT2D eigenvalue weighted by Gasteiger charge is 2.18. The van der Waals surface area contributed by atoms with Gasteiger partial charge in [-0.05, 0) is 25.0 Å². The van der Waals surface area contributed by atoms with Gasteiger partial charge in [-0.25, -0.2) is 0 Å². The smallest absolute Gasteiger partial charge is 0.263 e. The van der Waals surface area contributed by atoms with Crippen LogP contribution in [0.25, 0.3) is 10.9 Å². The SMILES string of the molecule is CCCCCOc1c(C)ccc2cc(C(=O)NCCN3CCOCC3)c(=O)n(C)c12. The Kier molecular flexibility index (Phi) is 7.87. The van der Waals surface area contributed by atoms with E-state index in [9.17, 15) is 9.59 Å². The quantitative estimate of drug-likeness (QED) is 0.637. The first-order valence-electron chi connectivity index (χ1n) is 10.9. The van der Waals surface area contributed by atoms with E-state index >= 15 is 0 Å². The van der Waals surface area contributed by atoms with Crippen molar-refractivity contribution >= 4 is 16.8 Å². The van der Waals surface area contributed by atoms with Gasteiger partial charge in [-0.1, -0.05) is 31.9 Å². The second kappa shape index (κ2) is 10.6. The van der Waals surface area contributed by atoms with E-state index in [1.807, 2.05) is 19.1 Å². The van der Waals surface area contributed by atoms with E-state index in [-0.39, 0.29) is 17.0 Å². The number of carbonyl (C=O) groups is 1. The van der Waals surface area contributed by atoms with Crippen LogP contribution in [0.2, 0.25) is 0 Å². The number of nitrogens with zero attached hydrogens (tertiary/aromatic N) is 2. The summed E-state index contributed by atoms with van der Waals surface area (Å²) in [6.45, 7) is 9.18. The van der Waals surface area contributed by atoms with Gasteiger partial charge < -0.3 is 19.4 Å². The number of hydrogen-bond donors (Lipinski definition) is 1. The molecule has 1 aromatic heterocycles. The average molecular weight is 416 g/mol. The second-order valence-electron chi connectivity index (χ2n) is 7.84. The van der Waals surface area contributed by atoms with Crippen LogP contribution in [0.1, 0.15) is 42.1 Å². The van der Waals surface area contributed by atoms with Gasteiger partial charge in [-0.3, -0.25) is 14.5 Å². The number of carbonyl (C=O) groups excluding carboxylic acids is 1. The third-order valence-corrected chi connectivity index (χ3v) is 5.59. The molecular formula is C23H33N3O4. The van der Waals surface area contributed by atoms with Gasteiger partial charge in [0.1, 0.15) is 11.3 Å². The fraction of sp³-hybridized carbons (Fsp3) is 0.565. The third kappa shape index (κ3) is 5.21. The van der Waals surface area contributed by atoms with Gasteiger partial charge in [0.2, 0.25) is 0 Å². The number of benzene rings is 1. The van der Waals surface area contributed by atoms with Crippen molar-refractivity contribution in [3.63, 3.8) is 0 Å². The molecule has 30 heavy (non-hydrogen) atoms. The Morgan fingerprint density at radius 1 is 1.23 bits per heavy atom. The number of morpholine rings is 1. The van der Waals surface area contributed by atoms with Crippen LogP contribution in [0.4, 0.5) is 0 Å². The van der Waals surface area contributed by atoms with Crippen LogP contribution in [0, 0.1) is 6.92 Å². The van der Waals surface area contributed by atoms with Gasteiger partial charge in [0.05, 0.1) is 25.3 Å². The van der Waals surface area contributed by atoms with Crippen molar-refractivity contribution in [1.82, 2.24) is 14.8 Å². The monoisotopic (exact) mass is 415 g/mol. The summed E-state index contributed by atoms with van der Waals surface area (Å²) in [5.41, 5.74) is 1.57. The molecule has 1 aliphatic rings. The number of rotatable bonds is 9. The van der Waals surface area contributed by atoms with Crippen molar-refractivity contribution in [3.8, 4) is 5.75 Å². The van der Waals surface area contributed by atoms with Crippen LogP contribution in [0.3, 0.4) is 0 Å². The van der Waals surface area contributed by atoms with Crippen molar-refractivity contribution in [1.29, 1.82) is 0 Å². The predicted octanol–water partition coefficient (Wildman–Crippen LogP) is 2.48. The van der Waals surface area contributed by atoms with E-state index < -0.39 is 0 Å². The molecule has 1 amide bonds. The highest BCUT2D eigenvalue weighted by atomic mass is 16.5. The highest BCUT2D eigenvalue weighted by molar-refractivity contribution is 5.98. The molecule has 7 nitrogen and oxygen atoms in total. The molecule has 0 spiro atoms. The first-order valence-corrected chi connectivity index (χ1v) is 10.9. The predicted molar refractivity (Wildman–Crippen MR) is 119 cm³/mol. The minimum atomic E-state index is -0.336. The first-order chi connectivity index (χ1) is 14.5. The normalized spacial score (nSPS) is 14.8. The van der Waals surface area contributed by atoms with Gasteiger partial charge in [-0.2, -0.15) is 0 Å². The zero-order chi connectivity index (χ0) is 21.5. The lowest BCUT2D eigenvalue weighted by atomic mass is 10.1. The lowest BCUT2D eigenvalue weighted by Crippen LogP contribution is -2.42. The maximum Gasteiger partial charge on any atom is 0.263 e. The molecule has 0 atom stereocenters. The molecule has 0 saturated carbocycles. The Hall–Kier alpha value is -2.38. The molecule has 0 aliphatic carbocycles. The lowest BCUT2D eigenvalue weighted by molar-refractivity contribution is 0.0383. The molecule has 1 N–H and O–H groups in total. The van der Waals surface area contributed by atoms with Crippen molar-refractivity contribution in [2.45, 2.75) is 33.1 Å². The molecule has 164 valence electrons. The van der Waals surface area contributed by atoms with Crippen molar-refractivity contribution < 1.29 is 14.3 Å². The molecule has 1 saturated heterocycles.